The lowest BCUT2D eigenvalue weighted by molar-refractivity contribution is -0.141. The third-order valence-electron chi connectivity index (χ3n) is 2.65. The van der Waals surface area contributed by atoms with Crippen molar-refractivity contribution in [1.29, 1.82) is 5.26 Å². The second-order valence-electron chi connectivity index (χ2n) is 4.15. The fraction of sp³-hybridized carbons (Fsp3) is 0.312. The summed E-state index contributed by atoms with van der Waals surface area (Å²) >= 11 is 0. The van der Waals surface area contributed by atoms with Gasteiger partial charge in [-0.25, -0.2) is 4.79 Å². The van der Waals surface area contributed by atoms with Crippen LogP contribution < -0.4 is 0 Å². The van der Waals surface area contributed by atoms with Gasteiger partial charge in [0.15, 0.2) is 5.78 Å². The Kier molecular flexibility index (Phi) is 6.85. The number of ether oxygens (including phenoxy) is 2. The molecule has 110 valence electrons. The van der Waals surface area contributed by atoms with Crippen molar-refractivity contribution in [1.82, 2.24) is 0 Å². The van der Waals surface area contributed by atoms with Gasteiger partial charge in [-0.15, -0.1) is 0 Å². The van der Waals surface area contributed by atoms with Crippen LogP contribution in [0.5, 0.6) is 0 Å². The predicted molar refractivity (Wildman–Crippen MR) is 77.3 cm³/mol. The zero-order chi connectivity index (χ0) is 15.7. The van der Waals surface area contributed by atoms with E-state index in [2.05, 4.69) is 0 Å². The molecule has 0 aromatic heterocycles. The van der Waals surface area contributed by atoms with Crippen molar-refractivity contribution in [2.24, 2.45) is 0 Å². The molecule has 0 radical (unpaired) electrons. The Balaban J connectivity index is 2.91. The van der Waals surface area contributed by atoms with E-state index in [4.69, 9.17) is 14.7 Å². The first-order valence-electron chi connectivity index (χ1n) is 6.56. The number of rotatable bonds is 7. The van der Waals surface area contributed by atoms with Crippen LogP contribution in [0, 0.1) is 11.3 Å². The number of Topliss-reactive ketones (excluding diaryl/α,β-unsaturated/α-hetero) is 1. The minimum Gasteiger partial charge on any atom is -0.460 e. The Labute approximate surface area is 123 Å². The molecule has 1 rings (SSSR count). The van der Waals surface area contributed by atoms with Gasteiger partial charge in [0.1, 0.15) is 12.2 Å². The van der Waals surface area contributed by atoms with Gasteiger partial charge in [-0.3, -0.25) is 4.79 Å². The van der Waals surface area contributed by atoms with Crippen molar-refractivity contribution in [3.05, 3.63) is 41.0 Å². The summed E-state index contributed by atoms with van der Waals surface area (Å²) in [5, 5.41) is 9.01. The number of esters is 1. The van der Waals surface area contributed by atoms with Gasteiger partial charge in [0.2, 0.25) is 0 Å². The van der Waals surface area contributed by atoms with Crippen molar-refractivity contribution in [2.75, 3.05) is 19.8 Å². The summed E-state index contributed by atoms with van der Waals surface area (Å²) in [6.45, 7) is 4.01. The van der Waals surface area contributed by atoms with Gasteiger partial charge in [-0.1, -0.05) is 18.2 Å². The van der Waals surface area contributed by atoms with Gasteiger partial charge >= 0.3 is 5.97 Å². The Hall–Kier alpha value is -2.45. The van der Waals surface area contributed by atoms with E-state index in [1.807, 2.05) is 13.0 Å². The number of carbonyl (C=O) groups excluding carboxylic acids is 2. The highest BCUT2D eigenvalue weighted by atomic mass is 16.6. The number of ketones is 1. The maximum absolute atomic E-state index is 11.9. The highest BCUT2D eigenvalue weighted by molar-refractivity contribution is 6.19. The zero-order valence-electron chi connectivity index (χ0n) is 12.1. The topological polar surface area (TPSA) is 76.4 Å². The minimum atomic E-state index is -0.713. The molecule has 5 nitrogen and oxygen atoms in total. The van der Waals surface area contributed by atoms with E-state index in [-0.39, 0.29) is 18.8 Å². The Morgan fingerprint density at radius 3 is 2.62 bits per heavy atom. The molecule has 0 heterocycles. The van der Waals surface area contributed by atoms with E-state index in [1.165, 1.54) is 13.0 Å². The van der Waals surface area contributed by atoms with Crippen molar-refractivity contribution >= 4 is 17.8 Å². The number of benzene rings is 1. The van der Waals surface area contributed by atoms with E-state index in [0.29, 0.717) is 17.7 Å². The molecule has 0 aliphatic rings. The monoisotopic (exact) mass is 287 g/mol. The molecule has 0 fully saturated rings. The summed E-state index contributed by atoms with van der Waals surface area (Å²) in [7, 11) is 0. The maximum atomic E-state index is 11.9. The van der Waals surface area contributed by atoms with Crippen LogP contribution in [0.25, 0.3) is 6.08 Å². The molecule has 5 heteroatoms. The second kappa shape index (κ2) is 8.67. The molecule has 0 amide bonds. The van der Waals surface area contributed by atoms with E-state index >= 15 is 0 Å². The van der Waals surface area contributed by atoms with Gasteiger partial charge in [-0.2, -0.15) is 5.26 Å². The highest BCUT2D eigenvalue weighted by Crippen LogP contribution is 2.14. The maximum Gasteiger partial charge on any atom is 0.341 e. The molecule has 0 N–H and O–H groups in total. The summed E-state index contributed by atoms with van der Waals surface area (Å²) in [4.78, 5) is 23.5. The smallest absolute Gasteiger partial charge is 0.341 e. The van der Waals surface area contributed by atoms with Crippen LogP contribution in [0.1, 0.15) is 25.0 Å². The molecule has 1 aromatic rings. The summed E-state index contributed by atoms with van der Waals surface area (Å²) in [5.74, 6) is -1.13. The lowest BCUT2D eigenvalue weighted by atomic mass is 10.0. The second-order valence-corrected chi connectivity index (χ2v) is 4.15. The molecule has 0 saturated heterocycles. The molecular weight excluding hydrogens is 270 g/mol. The van der Waals surface area contributed by atoms with Crippen LogP contribution in [-0.4, -0.2) is 31.6 Å². The summed E-state index contributed by atoms with van der Waals surface area (Å²) in [6.07, 6.45) is 1.38. The standard InChI is InChI=1S/C16H17NO4/c1-3-20-8-9-21-16(19)15(12(2)18)10-13-6-4-5-7-14(13)11-17/h4-7,10H,3,8-9H2,1-2H3/b15-10-. The Morgan fingerprint density at radius 2 is 2.00 bits per heavy atom. The predicted octanol–water partition coefficient (Wildman–Crippen LogP) is 2.11. The van der Waals surface area contributed by atoms with Crippen molar-refractivity contribution in [3.63, 3.8) is 0 Å². The lowest BCUT2D eigenvalue weighted by Crippen LogP contribution is -2.16. The molecule has 0 saturated carbocycles. The first kappa shape index (κ1) is 16.6. The van der Waals surface area contributed by atoms with Crippen LogP contribution in [0.2, 0.25) is 0 Å². The number of nitriles is 1. The normalized spacial score (nSPS) is 10.8. The van der Waals surface area contributed by atoms with Gasteiger partial charge in [0.05, 0.1) is 18.2 Å². The molecule has 0 aliphatic carbocycles. The fourth-order valence-corrected chi connectivity index (χ4v) is 1.60. The average molecular weight is 287 g/mol. The number of hydrogen-bond acceptors (Lipinski definition) is 5. The lowest BCUT2D eigenvalue weighted by Gasteiger charge is -2.07. The quantitative estimate of drug-likeness (QED) is 0.252. The highest BCUT2D eigenvalue weighted by Gasteiger charge is 2.16. The number of nitrogens with zero attached hydrogens (tertiary/aromatic N) is 1. The van der Waals surface area contributed by atoms with Gasteiger partial charge in [0, 0.05) is 6.61 Å². The fourth-order valence-electron chi connectivity index (χ4n) is 1.60. The van der Waals surface area contributed by atoms with E-state index in [0.717, 1.165) is 0 Å². The van der Waals surface area contributed by atoms with Crippen LogP contribution in [-0.2, 0) is 19.1 Å². The number of carbonyl (C=O) groups is 2. The Bertz CT molecular complexity index is 584. The first-order chi connectivity index (χ1) is 10.1. The van der Waals surface area contributed by atoms with Crippen LogP contribution in [0.3, 0.4) is 0 Å². The molecule has 0 spiro atoms. The number of hydrogen-bond donors (Lipinski definition) is 0. The summed E-state index contributed by atoms with van der Waals surface area (Å²) in [6, 6.07) is 8.73. The third kappa shape index (κ3) is 5.21. The summed E-state index contributed by atoms with van der Waals surface area (Å²) in [5.41, 5.74) is 0.805. The summed E-state index contributed by atoms with van der Waals surface area (Å²) < 4.78 is 10.0. The largest absolute Gasteiger partial charge is 0.460 e. The third-order valence-corrected chi connectivity index (χ3v) is 2.65. The molecule has 21 heavy (non-hydrogen) atoms. The van der Waals surface area contributed by atoms with Crippen LogP contribution in [0.15, 0.2) is 29.8 Å². The molecule has 0 bridgehead atoms. The Morgan fingerprint density at radius 1 is 1.29 bits per heavy atom. The first-order valence-corrected chi connectivity index (χ1v) is 6.56. The van der Waals surface area contributed by atoms with Gasteiger partial charge in [-0.05, 0) is 31.6 Å². The van der Waals surface area contributed by atoms with E-state index in [9.17, 15) is 9.59 Å². The van der Waals surface area contributed by atoms with Gasteiger partial charge < -0.3 is 9.47 Å². The van der Waals surface area contributed by atoms with E-state index in [1.54, 1.807) is 24.3 Å². The zero-order valence-corrected chi connectivity index (χ0v) is 12.1. The molecule has 0 atom stereocenters. The van der Waals surface area contributed by atoms with Crippen LogP contribution >= 0.6 is 0 Å². The molecular formula is C16H17NO4. The van der Waals surface area contributed by atoms with Gasteiger partial charge in [0.25, 0.3) is 0 Å². The van der Waals surface area contributed by atoms with Crippen molar-refractivity contribution < 1.29 is 19.1 Å². The van der Waals surface area contributed by atoms with Crippen molar-refractivity contribution in [2.45, 2.75) is 13.8 Å². The SMILES string of the molecule is CCOCCOC(=O)/C(=C\c1ccccc1C#N)C(C)=O. The van der Waals surface area contributed by atoms with Crippen molar-refractivity contribution in [3.8, 4) is 6.07 Å². The molecule has 0 unspecified atom stereocenters. The molecule has 1 aromatic carbocycles. The minimum absolute atomic E-state index is 0.0805. The van der Waals surface area contributed by atoms with E-state index < -0.39 is 11.8 Å². The average Bonchev–Trinajstić information content (AvgIpc) is 2.49. The van der Waals surface area contributed by atoms with Crippen LogP contribution in [0.4, 0.5) is 0 Å². The molecule has 0 aliphatic heterocycles.